The minimum absolute atomic E-state index is 0.0702. The molecule has 3 aromatic rings. The van der Waals surface area contributed by atoms with Gasteiger partial charge in [0.2, 0.25) is 5.91 Å². The Morgan fingerprint density at radius 2 is 1.84 bits per heavy atom. The van der Waals surface area contributed by atoms with Gasteiger partial charge in [-0.1, -0.05) is 38.1 Å². The highest BCUT2D eigenvalue weighted by molar-refractivity contribution is 7.98. The van der Waals surface area contributed by atoms with E-state index in [0.717, 1.165) is 16.0 Å². The zero-order chi connectivity index (χ0) is 22.4. The number of amides is 1. The van der Waals surface area contributed by atoms with Crippen molar-refractivity contribution < 1.29 is 19.1 Å². The quantitative estimate of drug-likeness (QED) is 0.406. The van der Waals surface area contributed by atoms with Crippen molar-refractivity contribution in [2.75, 3.05) is 5.32 Å². The molecule has 3 rings (SSSR count). The first-order chi connectivity index (χ1) is 14.9. The first-order valence-electron chi connectivity index (χ1n) is 10.2. The fourth-order valence-corrected chi connectivity index (χ4v) is 4.30. The van der Waals surface area contributed by atoms with Crippen LogP contribution in [-0.2, 0) is 15.3 Å². The maximum absolute atomic E-state index is 14.0. The lowest BCUT2D eigenvalue weighted by Crippen LogP contribution is -2.34. The highest BCUT2D eigenvalue weighted by atomic mass is 32.2. The van der Waals surface area contributed by atoms with E-state index in [1.165, 1.54) is 17.8 Å². The number of aliphatic carboxylic acids is 1. The third-order valence-electron chi connectivity index (χ3n) is 5.54. The van der Waals surface area contributed by atoms with Gasteiger partial charge in [-0.25, -0.2) is 9.37 Å². The Kier molecular flexibility index (Phi) is 7.28. The van der Waals surface area contributed by atoms with Crippen molar-refractivity contribution in [1.29, 1.82) is 0 Å². The molecule has 1 amide bonds. The Labute approximate surface area is 185 Å². The Bertz CT molecular complexity index is 1100. The van der Waals surface area contributed by atoms with E-state index in [0.29, 0.717) is 29.8 Å². The number of fused-ring (bicyclic) bond motifs is 1. The molecule has 162 valence electrons. The molecular formula is C24H25FN2O3S. The topological polar surface area (TPSA) is 79.3 Å². The smallest absolute Gasteiger partial charge is 0.310 e. The van der Waals surface area contributed by atoms with Crippen molar-refractivity contribution in [3.05, 3.63) is 66.1 Å². The third kappa shape index (κ3) is 5.41. The van der Waals surface area contributed by atoms with Crippen LogP contribution in [0.3, 0.4) is 0 Å². The van der Waals surface area contributed by atoms with Crippen LogP contribution in [0.25, 0.3) is 10.9 Å². The number of hydrogen-bond donors (Lipinski definition) is 2. The van der Waals surface area contributed by atoms with Gasteiger partial charge in [0, 0.05) is 28.1 Å². The highest BCUT2D eigenvalue weighted by Gasteiger charge is 2.37. The highest BCUT2D eigenvalue weighted by Crippen LogP contribution is 2.32. The Hall–Kier alpha value is -2.93. The summed E-state index contributed by atoms with van der Waals surface area (Å²) in [5.41, 5.74) is 0.677. The number of pyridine rings is 1. The molecule has 0 aliphatic carbocycles. The second-order valence-corrected chi connectivity index (χ2v) is 8.50. The van der Waals surface area contributed by atoms with Crippen molar-refractivity contribution in [3.63, 3.8) is 0 Å². The van der Waals surface area contributed by atoms with E-state index >= 15 is 0 Å². The number of carbonyl (C=O) groups is 2. The van der Waals surface area contributed by atoms with Crippen LogP contribution in [0.5, 0.6) is 0 Å². The SMILES string of the molecule is CCC(CC)(CC(=O)Nc1cccc(SCc2ccc3cccc(F)c3n2)c1)C(=O)O. The van der Waals surface area contributed by atoms with Gasteiger partial charge < -0.3 is 10.4 Å². The third-order valence-corrected chi connectivity index (χ3v) is 6.57. The zero-order valence-electron chi connectivity index (χ0n) is 17.5. The minimum Gasteiger partial charge on any atom is -0.481 e. The Balaban J connectivity index is 1.66. The summed E-state index contributed by atoms with van der Waals surface area (Å²) in [5.74, 6) is -1.06. The van der Waals surface area contributed by atoms with Crippen LogP contribution in [0, 0.1) is 11.2 Å². The van der Waals surface area contributed by atoms with Crippen LogP contribution < -0.4 is 5.32 Å². The standard InChI is InChI=1S/C24H25FN2O3S/c1-3-24(4-2,23(29)30)14-21(28)26-17-8-6-9-19(13-17)31-15-18-12-11-16-7-5-10-20(25)22(16)27-18/h5-13H,3-4,14-15H2,1-2H3,(H,26,28)(H,29,30). The van der Waals surface area contributed by atoms with Gasteiger partial charge in [0.25, 0.3) is 0 Å². The van der Waals surface area contributed by atoms with E-state index in [1.807, 2.05) is 36.4 Å². The van der Waals surface area contributed by atoms with Gasteiger partial charge in [0.1, 0.15) is 11.3 Å². The molecular weight excluding hydrogens is 415 g/mol. The molecule has 0 radical (unpaired) electrons. The van der Waals surface area contributed by atoms with Crippen molar-refractivity contribution in [2.24, 2.45) is 5.41 Å². The first-order valence-corrected chi connectivity index (χ1v) is 11.2. The molecule has 31 heavy (non-hydrogen) atoms. The summed E-state index contributed by atoms with van der Waals surface area (Å²) >= 11 is 1.53. The molecule has 7 heteroatoms. The maximum Gasteiger partial charge on any atom is 0.310 e. The molecule has 2 aromatic carbocycles. The molecule has 0 unspecified atom stereocenters. The summed E-state index contributed by atoms with van der Waals surface area (Å²) in [5, 5.41) is 13.1. The zero-order valence-corrected chi connectivity index (χ0v) is 18.3. The number of hydrogen-bond acceptors (Lipinski definition) is 4. The number of aromatic nitrogens is 1. The second kappa shape index (κ2) is 9.92. The van der Waals surface area contributed by atoms with Crippen molar-refractivity contribution >= 4 is 40.2 Å². The van der Waals surface area contributed by atoms with Gasteiger partial charge in [-0.3, -0.25) is 9.59 Å². The van der Waals surface area contributed by atoms with Gasteiger partial charge in [-0.2, -0.15) is 0 Å². The number of halogens is 1. The predicted molar refractivity (Wildman–Crippen MR) is 122 cm³/mol. The van der Waals surface area contributed by atoms with E-state index in [-0.39, 0.29) is 18.1 Å². The maximum atomic E-state index is 14.0. The molecule has 0 atom stereocenters. The summed E-state index contributed by atoms with van der Waals surface area (Å²) in [6.45, 7) is 3.57. The monoisotopic (exact) mass is 440 g/mol. The average molecular weight is 441 g/mol. The fraction of sp³-hybridized carbons (Fsp3) is 0.292. The second-order valence-electron chi connectivity index (χ2n) is 7.45. The molecule has 0 spiro atoms. The first kappa shape index (κ1) is 22.7. The largest absolute Gasteiger partial charge is 0.481 e. The van der Waals surface area contributed by atoms with E-state index in [9.17, 15) is 19.1 Å². The summed E-state index contributed by atoms with van der Waals surface area (Å²) in [4.78, 5) is 29.4. The molecule has 0 fully saturated rings. The van der Waals surface area contributed by atoms with Gasteiger partial charge in [0.05, 0.1) is 11.1 Å². The molecule has 0 aliphatic rings. The lowest BCUT2D eigenvalue weighted by Gasteiger charge is -2.25. The van der Waals surface area contributed by atoms with E-state index < -0.39 is 11.4 Å². The van der Waals surface area contributed by atoms with Crippen molar-refractivity contribution in [3.8, 4) is 0 Å². The number of carboxylic acid groups (broad SMARTS) is 1. The van der Waals surface area contributed by atoms with Crippen molar-refractivity contribution in [2.45, 2.75) is 43.8 Å². The Morgan fingerprint density at radius 3 is 2.55 bits per heavy atom. The number of nitrogens with zero attached hydrogens (tertiary/aromatic N) is 1. The number of rotatable bonds is 9. The molecule has 0 saturated carbocycles. The van der Waals surface area contributed by atoms with Crippen molar-refractivity contribution in [1.82, 2.24) is 4.98 Å². The molecule has 0 bridgehead atoms. The van der Waals surface area contributed by atoms with E-state index in [2.05, 4.69) is 10.3 Å². The summed E-state index contributed by atoms with van der Waals surface area (Å²) in [6.07, 6.45) is 0.711. The molecule has 2 N–H and O–H groups in total. The van der Waals surface area contributed by atoms with Gasteiger partial charge >= 0.3 is 5.97 Å². The average Bonchev–Trinajstić information content (AvgIpc) is 2.76. The Morgan fingerprint density at radius 1 is 1.10 bits per heavy atom. The van der Waals surface area contributed by atoms with E-state index in [1.54, 1.807) is 26.0 Å². The number of nitrogens with one attached hydrogen (secondary N) is 1. The van der Waals surface area contributed by atoms with E-state index in [4.69, 9.17) is 0 Å². The minimum atomic E-state index is -1.05. The normalized spacial score (nSPS) is 11.5. The van der Waals surface area contributed by atoms with Crippen LogP contribution in [0.1, 0.15) is 38.8 Å². The fourth-order valence-electron chi connectivity index (χ4n) is 3.44. The lowest BCUT2D eigenvalue weighted by atomic mass is 9.79. The molecule has 1 heterocycles. The summed E-state index contributed by atoms with van der Waals surface area (Å²) < 4.78 is 14.0. The number of carboxylic acids is 1. The number of thioether (sulfide) groups is 1. The predicted octanol–water partition coefficient (Wildman–Crippen LogP) is 5.89. The number of carbonyl (C=O) groups excluding carboxylic acids is 1. The van der Waals surface area contributed by atoms with Gasteiger partial charge in [-0.05, 0) is 43.2 Å². The van der Waals surface area contributed by atoms with Crippen LogP contribution in [-0.4, -0.2) is 22.0 Å². The number of anilines is 1. The van der Waals surface area contributed by atoms with Gasteiger partial charge in [0.15, 0.2) is 0 Å². The molecule has 0 saturated heterocycles. The van der Waals surface area contributed by atoms with Crippen LogP contribution in [0.2, 0.25) is 0 Å². The van der Waals surface area contributed by atoms with Crippen LogP contribution >= 0.6 is 11.8 Å². The van der Waals surface area contributed by atoms with Crippen LogP contribution in [0.15, 0.2) is 59.5 Å². The summed E-state index contributed by atoms with van der Waals surface area (Å²) in [7, 11) is 0. The summed E-state index contributed by atoms with van der Waals surface area (Å²) in [6, 6.07) is 16.0. The number of para-hydroxylation sites is 1. The number of benzene rings is 2. The molecule has 1 aromatic heterocycles. The lowest BCUT2D eigenvalue weighted by molar-refractivity contribution is -0.151. The van der Waals surface area contributed by atoms with Crippen LogP contribution in [0.4, 0.5) is 10.1 Å². The molecule has 5 nitrogen and oxygen atoms in total. The van der Waals surface area contributed by atoms with Gasteiger partial charge in [-0.15, -0.1) is 11.8 Å². The molecule has 0 aliphatic heterocycles.